The maximum Gasteiger partial charge on any atom is 0.124 e. The zero-order chi connectivity index (χ0) is 21.7. The Morgan fingerprint density at radius 3 is 1.38 bits per heavy atom. The summed E-state index contributed by atoms with van der Waals surface area (Å²) in [7, 11) is 0. The minimum atomic E-state index is 0.140. The van der Waals surface area contributed by atoms with Gasteiger partial charge in [-0.05, 0) is 81.2 Å². The third kappa shape index (κ3) is 2.85. The number of phenolic OH excluding ortho intramolecular Hbond substituents is 2. The number of hydrogen-bond acceptors (Lipinski definition) is 2. The van der Waals surface area contributed by atoms with Gasteiger partial charge in [0.15, 0.2) is 0 Å². The zero-order valence-corrected chi connectivity index (χ0v) is 17.1. The summed E-state index contributed by atoms with van der Waals surface area (Å²) in [6.07, 6.45) is 3.80. The maximum atomic E-state index is 10.9. The van der Waals surface area contributed by atoms with Crippen molar-refractivity contribution in [2.45, 2.75) is 0 Å². The van der Waals surface area contributed by atoms with Crippen LogP contribution in [0.3, 0.4) is 0 Å². The molecule has 0 fully saturated rings. The van der Waals surface area contributed by atoms with Gasteiger partial charge in [-0.15, -0.1) is 0 Å². The summed E-state index contributed by atoms with van der Waals surface area (Å²) in [6.45, 7) is 0. The van der Waals surface area contributed by atoms with Gasteiger partial charge in [0.1, 0.15) is 11.5 Å². The van der Waals surface area contributed by atoms with Crippen molar-refractivity contribution in [2.24, 2.45) is 0 Å². The highest BCUT2D eigenvalue weighted by atomic mass is 16.3. The first-order valence-electron chi connectivity index (χ1n) is 10.5. The highest BCUT2D eigenvalue weighted by Crippen LogP contribution is 2.45. The molecular weight excluding hydrogens is 396 g/mol. The van der Waals surface area contributed by atoms with Crippen LogP contribution in [0.5, 0.6) is 11.5 Å². The van der Waals surface area contributed by atoms with E-state index in [9.17, 15) is 10.2 Å². The number of aromatic nitrogens is 2. The van der Waals surface area contributed by atoms with Gasteiger partial charge in [0.2, 0.25) is 0 Å². The summed E-state index contributed by atoms with van der Waals surface area (Å²) in [5.41, 5.74) is 5.47. The van der Waals surface area contributed by atoms with E-state index in [1.165, 1.54) is 0 Å². The number of fused-ring (bicyclic) bond motifs is 2. The number of benzene rings is 4. The lowest BCUT2D eigenvalue weighted by Gasteiger charge is -2.15. The number of nitrogens with one attached hydrogen (secondary N) is 2. The molecule has 0 spiro atoms. The molecule has 0 unspecified atom stereocenters. The summed E-state index contributed by atoms with van der Waals surface area (Å²) >= 11 is 0. The quantitative estimate of drug-likeness (QED) is 0.249. The normalized spacial score (nSPS) is 11.4. The van der Waals surface area contributed by atoms with Crippen molar-refractivity contribution < 1.29 is 10.2 Å². The number of hydrogen-bond donors (Lipinski definition) is 4. The Labute approximate surface area is 184 Å². The molecule has 32 heavy (non-hydrogen) atoms. The van der Waals surface area contributed by atoms with Crippen LogP contribution < -0.4 is 0 Å². The van der Waals surface area contributed by atoms with E-state index in [0.717, 1.165) is 44.1 Å². The Morgan fingerprint density at radius 1 is 0.500 bits per heavy atom. The molecular formula is C28H20N2O2. The molecule has 2 aromatic heterocycles. The zero-order valence-electron chi connectivity index (χ0n) is 17.1. The van der Waals surface area contributed by atoms with Gasteiger partial charge in [-0.2, -0.15) is 0 Å². The number of rotatable bonds is 3. The topological polar surface area (TPSA) is 72.0 Å². The van der Waals surface area contributed by atoms with Crippen molar-refractivity contribution in [3.8, 4) is 45.1 Å². The molecule has 0 aliphatic carbocycles. The molecule has 0 aliphatic rings. The SMILES string of the molecule is Oc1ccc2cc(-c3ccc[nH]3)ccc2c1-c1c(O)ccc2cc(-c3ccc[nH]3)ccc12. The van der Waals surface area contributed by atoms with E-state index in [2.05, 4.69) is 22.1 Å². The standard InChI is InChI=1S/C28H20N2O2/c31-25-11-7-17-15-19(23-3-1-13-29-23)5-9-21(17)27(25)28-22-10-6-20(24-4-2-14-30-24)16-18(22)8-12-26(28)32/h1-16,29-32H. The fourth-order valence-corrected chi connectivity index (χ4v) is 4.52. The lowest BCUT2D eigenvalue weighted by atomic mass is 9.91. The van der Waals surface area contributed by atoms with Crippen molar-refractivity contribution in [3.63, 3.8) is 0 Å². The molecule has 6 rings (SSSR count). The first-order chi connectivity index (χ1) is 15.7. The van der Waals surface area contributed by atoms with Gasteiger partial charge < -0.3 is 20.2 Å². The lowest BCUT2D eigenvalue weighted by Crippen LogP contribution is -1.88. The summed E-state index contributed by atoms with van der Waals surface area (Å²) in [5.74, 6) is 0.280. The van der Waals surface area contributed by atoms with Crippen LogP contribution in [0, 0.1) is 0 Å². The molecule has 4 aromatic carbocycles. The summed E-state index contributed by atoms with van der Waals surface area (Å²) in [6, 6.07) is 27.5. The van der Waals surface area contributed by atoms with Crippen molar-refractivity contribution >= 4 is 21.5 Å². The Kier molecular flexibility index (Phi) is 4.05. The Hall–Kier alpha value is -4.44. The van der Waals surface area contributed by atoms with E-state index in [1.807, 2.05) is 73.1 Å². The third-order valence-corrected chi connectivity index (χ3v) is 6.06. The van der Waals surface area contributed by atoms with Gasteiger partial charge in [-0.25, -0.2) is 0 Å². The van der Waals surface area contributed by atoms with E-state index >= 15 is 0 Å². The summed E-state index contributed by atoms with van der Waals surface area (Å²) < 4.78 is 0. The second kappa shape index (κ2) is 7.06. The van der Waals surface area contributed by atoms with Crippen molar-refractivity contribution in [1.82, 2.24) is 9.97 Å². The molecule has 0 amide bonds. The van der Waals surface area contributed by atoms with Crippen LogP contribution >= 0.6 is 0 Å². The number of aromatic hydroxyl groups is 2. The smallest absolute Gasteiger partial charge is 0.124 e. The number of H-pyrrole nitrogens is 2. The van der Waals surface area contributed by atoms with Crippen molar-refractivity contribution in [2.75, 3.05) is 0 Å². The van der Waals surface area contributed by atoms with E-state index in [4.69, 9.17) is 0 Å². The van der Waals surface area contributed by atoms with E-state index in [0.29, 0.717) is 11.1 Å². The second-order valence-corrected chi connectivity index (χ2v) is 7.96. The monoisotopic (exact) mass is 416 g/mol. The minimum absolute atomic E-state index is 0.140. The van der Waals surface area contributed by atoms with Gasteiger partial charge in [-0.1, -0.05) is 36.4 Å². The second-order valence-electron chi connectivity index (χ2n) is 7.96. The van der Waals surface area contributed by atoms with Gasteiger partial charge in [-0.3, -0.25) is 0 Å². The Bertz CT molecular complexity index is 1460. The maximum absolute atomic E-state index is 10.9. The molecule has 0 aliphatic heterocycles. The number of phenols is 2. The predicted molar refractivity (Wildman–Crippen MR) is 130 cm³/mol. The molecule has 6 aromatic rings. The fraction of sp³-hybridized carbons (Fsp3) is 0. The fourth-order valence-electron chi connectivity index (χ4n) is 4.52. The molecule has 4 nitrogen and oxygen atoms in total. The molecule has 0 atom stereocenters. The average molecular weight is 416 g/mol. The van der Waals surface area contributed by atoms with Crippen LogP contribution in [-0.4, -0.2) is 20.2 Å². The van der Waals surface area contributed by atoms with Crippen LogP contribution in [0.1, 0.15) is 0 Å². The first-order valence-corrected chi connectivity index (χ1v) is 10.5. The first kappa shape index (κ1) is 18.3. The van der Waals surface area contributed by atoms with E-state index in [-0.39, 0.29) is 11.5 Å². The Balaban J connectivity index is 1.60. The summed E-state index contributed by atoms with van der Waals surface area (Å²) in [4.78, 5) is 6.47. The molecule has 4 N–H and O–H groups in total. The van der Waals surface area contributed by atoms with Gasteiger partial charge >= 0.3 is 0 Å². The highest BCUT2D eigenvalue weighted by Gasteiger charge is 2.17. The molecule has 0 bridgehead atoms. The van der Waals surface area contributed by atoms with Crippen LogP contribution in [0.25, 0.3) is 55.2 Å². The molecule has 4 heteroatoms. The lowest BCUT2D eigenvalue weighted by molar-refractivity contribution is 0.470. The van der Waals surface area contributed by atoms with Crippen molar-refractivity contribution in [3.05, 3.63) is 97.3 Å². The van der Waals surface area contributed by atoms with E-state index < -0.39 is 0 Å². The molecule has 0 radical (unpaired) electrons. The molecule has 2 heterocycles. The van der Waals surface area contributed by atoms with Gasteiger partial charge in [0.05, 0.1) is 0 Å². The van der Waals surface area contributed by atoms with Crippen LogP contribution in [0.15, 0.2) is 97.3 Å². The largest absolute Gasteiger partial charge is 0.507 e. The molecule has 0 saturated carbocycles. The van der Waals surface area contributed by atoms with Gasteiger partial charge in [0.25, 0.3) is 0 Å². The molecule has 154 valence electrons. The van der Waals surface area contributed by atoms with Crippen LogP contribution in [0.2, 0.25) is 0 Å². The summed E-state index contributed by atoms with van der Waals surface area (Å²) in [5, 5.41) is 25.5. The molecule has 0 saturated heterocycles. The average Bonchev–Trinajstić information content (AvgIpc) is 3.54. The minimum Gasteiger partial charge on any atom is -0.507 e. The van der Waals surface area contributed by atoms with Gasteiger partial charge in [0, 0.05) is 34.9 Å². The Morgan fingerprint density at radius 2 is 0.969 bits per heavy atom. The van der Waals surface area contributed by atoms with Crippen LogP contribution in [-0.2, 0) is 0 Å². The van der Waals surface area contributed by atoms with Crippen LogP contribution in [0.4, 0.5) is 0 Å². The predicted octanol–water partition coefficient (Wildman–Crippen LogP) is 7.06. The van der Waals surface area contributed by atoms with Crippen molar-refractivity contribution in [1.29, 1.82) is 0 Å². The number of aromatic amines is 2. The third-order valence-electron chi connectivity index (χ3n) is 6.06. The highest BCUT2D eigenvalue weighted by molar-refractivity contribution is 6.10. The van der Waals surface area contributed by atoms with E-state index in [1.54, 1.807) is 12.1 Å².